The van der Waals surface area contributed by atoms with E-state index in [1.165, 1.54) is 0 Å². The summed E-state index contributed by atoms with van der Waals surface area (Å²) in [6.07, 6.45) is 2.19. The van der Waals surface area contributed by atoms with Crippen molar-refractivity contribution in [2.24, 2.45) is 0 Å². The Hall–Kier alpha value is -2.20. The van der Waals surface area contributed by atoms with E-state index in [4.69, 9.17) is 14.2 Å². The minimum Gasteiger partial charge on any atom is -0.491 e. The predicted molar refractivity (Wildman–Crippen MR) is 98.0 cm³/mol. The molecule has 0 saturated carbocycles. The van der Waals surface area contributed by atoms with Gasteiger partial charge in [0.2, 0.25) is 0 Å². The number of hydrogen-bond acceptors (Lipinski definition) is 4. The normalized spacial score (nSPS) is 10.4. The molecule has 0 fully saturated rings. The van der Waals surface area contributed by atoms with Crippen molar-refractivity contribution in [2.45, 2.75) is 26.3 Å². The van der Waals surface area contributed by atoms with Crippen molar-refractivity contribution in [3.63, 3.8) is 0 Å². The molecule has 0 amide bonds. The summed E-state index contributed by atoms with van der Waals surface area (Å²) >= 11 is 0. The van der Waals surface area contributed by atoms with Crippen molar-refractivity contribution in [1.82, 2.24) is 0 Å². The van der Waals surface area contributed by atoms with Gasteiger partial charge in [-0.15, -0.1) is 0 Å². The molecule has 0 aromatic heterocycles. The highest BCUT2D eigenvalue weighted by Gasteiger charge is 2.06. The lowest BCUT2D eigenvalue weighted by Crippen LogP contribution is -2.08. The van der Waals surface area contributed by atoms with Gasteiger partial charge in [-0.1, -0.05) is 43.7 Å². The largest absolute Gasteiger partial charge is 0.491 e. The topological polar surface area (TPSA) is 39.7 Å². The van der Waals surface area contributed by atoms with E-state index in [0.717, 1.165) is 42.2 Å². The van der Waals surface area contributed by atoms with Gasteiger partial charge in [-0.05, 0) is 24.6 Å². The van der Waals surface area contributed by atoms with E-state index in [9.17, 15) is 0 Å². The van der Waals surface area contributed by atoms with E-state index in [0.29, 0.717) is 19.8 Å². The fourth-order valence-corrected chi connectivity index (χ4v) is 2.28. The number of methoxy groups -OCH3 is 1. The molecule has 0 unspecified atom stereocenters. The Labute approximate surface area is 144 Å². The predicted octanol–water partition coefficient (Wildman–Crippen LogP) is 4.50. The zero-order chi connectivity index (χ0) is 17.0. The van der Waals surface area contributed by atoms with E-state index >= 15 is 0 Å². The lowest BCUT2D eigenvalue weighted by Gasteiger charge is -2.15. The number of para-hydroxylation sites is 3. The molecule has 130 valence electrons. The van der Waals surface area contributed by atoms with Crippen molar-refractivity contribution in [1.29, 1.82) is 0 Å². The first-order valence-electron chi connectivity index (χ1n) is 8.50. The van der Waals surface area contributed by atoms with Crippen molar-refractivity contribution < 1.29 is 14.2 Å². The molecule has 4 heteroatoms. The summed E-state index contributed by atoms with van der Waals surface area (Å²) in [6, 6.07) is 16.1. The molecule has 0 saturated heterocycles. The SMILES string of the molecule is CCCCOc1ccccc1NCc1ccccc1OCCOC. The van der Waals surface area contributed by atoms with E-state index < -0.39 is 0 Å². The monoisotopic (exact) mass is 329 g/mol. The van der Waals surface area contributed by atoms with Crippen LogP contribution in [0.5, 0.6) is 11.5 Å². The van der Waals surface area contributed by atoms with Gasteiger partial charge in [-0.25, -0.2) is 0 Å². The molecule has 0 atom stereocenters. The third-order valence-corrected chi connectivity index (χ3v) is 3.63. The molecule has 0 radical (unpaired) electrons. The highest BCUT2D eigenvalue weighted by Crippen LogP contribution is 2.26. The Bertz CT molecular complexity index is 547. The number of nitrogens with one attached hydrogen (secondary N) is 1. The molecular weight excluding hydrogens is 302 g/mol. The molecular formula is C20H27NO3. The van der Waals surface area contributed by atoms with Crippen LogP contribution in [0.1, 0.15) is 25.3 Å². The molecule has 0 spiro atoms. The van der Waals surface area contributed by atoms with Gasteiger partial charge in [-0.2, -0.15) is 0 Å². The molecule has 4 nitrogen and oxygen atoms in total. The lowest BCUT2D eigenvalue weighted by molar-refractivity contribution is 0.146. The fourth-order valence-electron chi connectivity index (χ4n) is 2.28. The maximum absolute atomic E-state index is 5.87. The van der Waals surface area contributed by atoms with Gasteiger partial charge in [0.25, 0.3) is 0 Å². The molecule has 0 aliphatic rings. The first-order chi connectivity index (χ1) is 11.8. The maximum atomic E-state index is 5.87. The van der Waals surface area contributed by atoms with Crippen LogP contribution >= 0.6 is 0 Å². The van der Waals surface area contributed by atoms with Gasteiger partial charge < -0.3 is 19.5 Å². The molecule has 1 N–H and O–H groups in total. The van der Waals surface area contributed by atoms with Crippen LogP contribution in [0.25, 0.3) is 0 Å². The number of benzene rings is 2. The summed E-state index contributed by atoms with van der Waals surface area (Å²) in [7, 11) is 1.67. The highest BCUT2D eigenvalue weighted by atomic mass is 16.5. The highest BCUT2D eigenvalue weighted by molar-refractivity contribution is 5.56. The number of anilines is 1. The molecule has 0 aliphatic heterocycles. The van der Waals surface area contributed by atoms with Crippen LogP contribution in [-0.2, 0) is 11.3 Å². The van der Waals surface area contributed by atoms with Gasteiger partial charge in [0.1, 0.15) is 18.1 Å². The van der Waals surface area contributed by atoms with E-state index in [1.807, 2.05) is 42.5 Å². The second-order valence-corrected chi connectivity index (χ2v) is 5.50. The Morgan fingerprint density at radius 1 is 0.833 bits per heavy atom. The van der Waals surface area contributed by atoms with Crippen LogP contribution in [-0.4, -0.2) is 26.9 Å². The number of unbranched alkanes of at least 4 members (excludes halogenated alkanes) is 1. The van der Waals surface area contributed by atoms with Crippen LogP contribution in [0, 0.1) is 0 Å². The maximum Gasteiger partial charge on any atom is 0.142 e. The van der Waals surface area contributed by atoms with Gasteiger partial charge in [-0.3, -0.25) is 0 Å². The van der Waals surface area contributed by atoms with Crippen LogP contribution in [0.4, 0.5) is 5.69 Å². The average Bonchev–Trinajstić information content (AvgIpc) is 2.62. The summed E-state index contributed by atoms with van der Waals surface area (Å²) < 4.78 is 16.7. The Morgan fingerprint density at radius 3 is 2.33 bits per heavy atom. The zero-order valence-electron chi connectivity index (χ0n) is 14.6. The summed E-state index contributed by atoms with van der Waals surface area (Å²) in [4.78, 5) is 0. The first-order valence-corrected chi connectivity index (χ1v) is 8.50. The van der Waals surface area contributed by atoms with E-state index in [1.54, 1.807) is 7.11 Å². The molecule has 2 rings (SSSR count). The van der Waals surface area contributed by atoms with Gasteiger partial charge in [0.05, 0.1) is 18.9 Å². The van der Waals surface area contributed by atoms with Crippen LogP contribution in [0.3, 0.4) is 0 Å². The fraction of sp³-hybridized carbons (Fsp3) is 0.400. The van der Waals surface area contributed by atoms with Crippen molar-refractivity contribution in [3.8, 4) is 11.5 Å². The van der Waals surface area contributed by atoms with Crippen LogP contribution < -0.4 is 14.8 Å². The minimum atomic E-state index is 0.546. The molecule has 24 heavy (non-hydrogen) atoms. The van der Waals surface area contributed by atoms with Crippen molar-refractivity contribution in [2.75, 3.05) is 32.2 Å². The molecule has 0 aliphatic carbocycles. The molecule has 0 heterocycles. The second kappa shape index (κ2) is 10.6. The minimum absolute atomic E-state index is 0.546. The third kappa shape index (κ3) is 5.78. The lowest BCUT2D eigenvalue weighted by atomic mass is 10.2. The standard InChI is InChI=1S/C20H27NO3/c1-3-4-13-23-20-12-8-6-10-18(20)21-16-17-9-5-7-11-19(17)24-15-14-22-2/h5-12,21H,3-4,13-16H2,1-2H3. The van der Waals surface area contributed by atoms with Crippen molar-refractivity contribution >= 4 is 5.69 Å². The Kier molecular flexibility index (Phi) is 7.98. The second-order valence-electron chi connectivity index (χ2n) is 5.50. The van der Waals surface area contributed by atoms with Crippen molar-refractivity contribution in [3.05, 3.63) is 54.1 Å². The van der Waals surface area contributed by atoms with Gasteiger partial charge in [0, 0.05) is 19.2 Å². The Morgan fingerprint density at radius 2 is 1.54 bits per heavy atom. The van der Waals surface area contributed by atoms with Gasteiger partial charge in [0.15, 0.2) is 0 Å². The van der Waals surface area contributed by atoms with Crippen LogP contribution in [0.15, 0.2) is 48.5 Å². The first kappa shape index (κ1) is 18.1. The summed E-state index contributed by atoms with van der Waals surface area (Å²) in [6.45, 7) is 4.71. The van der Waals surface area contributed by atoms with E-state index in [-0.39, 0.29) is 0 Å². The smallest absolute Gasteiger partial charge is 0.142 e. The molecule has 0 bridgehead atoms. The third-order valence-electron chi connectivity index (χ3n) is 3.63. The Balaban J connectivity index is 1.98. The quantitative estimate of drug-likeness (QED) is 0.616. The summed E-state index contributed by atoms with van der Waals surface area (Å²) in [5.41, 5.74) is 2.11. The summed E-state index contributed by atoms with van der Waals surface area (Å²) in [5.74, 6) is 1.77. The summed E-state index contributed by atoms with van der Waals surface area (Å²) in [5, 5.41) is 3.45. The van der Waals surface area contributed by atoms with Crippen LogP contribution in [0.2, 0.25) is 0 Å². The average molecular weight is 329 g/mol. The number of rotatable bonds is 11. The number of hydrogen-bond donors (Lipinski definition) is 1. The van der Waals surface area contributed by atoms with E-state index in [2.05, 4.69) is 18.3 Å². The molecule has 2 aromatic rings. The number of ether oxygens (including phenoxy) is 3. The van der Waals surface area contributed by atoms with Gasteiger partial charge >= 0.3 is 0 Å². The zero-order valence-corrected chi connectivity index (χ0v) is 14.6. The molecule has 2 aromatic carbocycles.